The molecule has 5 rings (SSSR count). The van der Waals surface area contributed by atoms with Crippen molar-refractivity contribution in [3.05, 3.63) is 65.0 Å². The standard InChI is InChI=1S/C33H39FN4O7/c1-32(2,3)44-28(40)21-7-12-25(13-8-21)37(18-20-5-9-23(34)10-6-20)27(39)19-38-29(41)33(45-31(38)43)16-15-22-17-24(11-14-26(22)33)36-30(42)35-4/h5-6,9-11,14,17,21,25H,7-8,12-13,15-16,18-19H2,1-4H3,(H2,35,36,42)/t21?,25?,33-/m1/s1. The van der Waals surface area contributed by atoms with Crippen molar-refractivity contribution in [3.63, 3.8) is 0 Å². The lowest BCUT2D eigenvalue weighted by atomic mass is 9.85. The molecule has 2 aromatic carbocycles. The van der Waals surface area contributed by atoms with Crippen LogP contribution in [-0.2, 0) is 42.4 Å². The molecule has 1 aliphatic heterocycles. The number of imide groups is 1. The topological polar surface area (TPSA) is 134 Å². The first-order valence-electron chi connectivity index (χ1n) is 15.2. The van der Waals surface area contributed by atoms with E-state index in [-0.39, 0.29) is 36.9 Å². The second-order valence-corrected chi connectivity index (χ2v) is 12.8. The van der Waals surface area contributed by atoms with Crippen LogP contribution in [0.4, 0.5) is 19.7 Å². The number of esters is 1. The maximum Gasteiger partial charge on any atom is 0.418 e. The number of hydrogen-bond donors (Lipinski definition) is 2. The van der Waals surface area contributed by atoms with Crippen LogP contribution in [0.5, 0.6) is 0 Å². The van der Waals surface area contributed by atoms with Crippen molar-refractivity contribution in [1.82, 2.24) is 15.1 Å². The Morgan fingerprint density at radius 1 is 1.07 bits per heavy atom. The van der Waals surface area contributed by atoms with Crippen LogP contribution in [0.3, 0.4) is 0 Å². The van der Waals surface area contributed by atoms with Crippen LogP contribution in [-0.4, -0.2) is 64.9 Å². The van der Waals surface area contributed by atoms with Gasteiger partial charge in [0.2, 0.25) is 11.5 Å². The fraction of sp³-hybridized carbons (Fsp3) is 0.485. The number of carbonyl (C=O) groups excluding carboxylic acids is 5. The van der Waals surface area contributed by atoms with Crippen LogP contribution in [0, 0.1) is 11.7 Å². The van der Waals surface area contributed by atoms with Crippen LogP contribution in [0.25, 0.3) is 0 Å². The predicted molar refractivity (Wildman–Crippen MR) is 161 cm³/mol. The van der Waals surface area contributed by atoms with E-state index in [2.05, 4.69) is 10.6 Å². The molecule has 2 aromatic rings. The van der Waals surface area contributed by atoms with E-state index in [1.165, 1.54) is 19.2 Å². The van der Waals surface area contributed by atoms with Crippen LogP contribution in [0.1, 0.15) is 69.6 Å². The number of benzene rings is 2. The molecule has 5 amide bonds. The summed E-state index contributed by atoms with van der Waals surface area (Å²) in [6.45, 7) is 5.09. The number of carbonyl (C=O) groups is 5. The Balaban J connectivity index is 1.32. The second kappa shape index (κ2) is 12.5. The monoisotopic (exact) mass is 622 g/mol. The van der Waals surface area contributed by atoms with Gasteiger partial charge in [-0.15, -0.1) is 0 Å². The lowest BCUT2D eigenvalue weighted by Gasteiger charge is -2.37. The Kier molecular flexibility index (Phi) is 8.86. The van der Waals surface area contributed by atoms with E-state index in [0.717, 1.165) is 10.5 Å². The zero-order chi connectivity index (χ0) is 32.5. The summed E-state index contributed by atoms with van der Waals surface area (Å²) in [5.41, 5.74) is 0.381. The van der Waals surface area contributed by atoms with Gasteiger partial charge in [-0.05, 0) is 88.3 Å². The molecule has 0 radical (unpaired) electrons. The first kappa shape index (κ1) is 31.9. The third-order valence-electron chi connectivity index (χ3n) is 8.60. The Hall–Kier alpha value is -4.48. The highest BCUT2D eigenvalue weighted by Gasteiger charge is 2.58. The SMILES string of the molecule is CNC(=O)Nc1ccc2c(c1)CC[C@@]21OC(=O)N(CC(=O)N(Cc2ccc(F)cc2)C2CCC(C(=O)OC(C)(C)C)CC2)C1=O. The molecule has 1 saturated carbocycles. The molecule has 12 heteroatoms. The lowest BCUT2D eigenvalue weighted by Crippen LogP contribution is -2.49. The molecule has 1 heterocycles. The van der Waals surface area contributed by atoms with E-state index >= 15 is 0 Å². The molecule has 3 aliphatic rings. The number of nitrogens with zero attached hydrogens (tertiary/aromatic N) is 2. The van der Waals surface area contributed by atoms with Gasteiger partial charge in [-0.2, -0.15) is 0 Å². The molecule has 11 nitrogen and oxygen atoms in total. The third kappa shape index (κ3) is 6.79. The fourth-order valence-electron chi connectivity index (χ4n) is 6.37. The summed E-state index contributed by atoms with van der Waals surface area (Å²) in [5.74, 6) is -2.01. The maximum atomic E-state index is 13.9. The molecule has 45 heavy (non-hydrogen) atoms. The molecule has 2 aliphatic carbocycles. The number of ether oxygens (including phenoxy) is 2. The number of hydrogen-bond acceptors (Lipinski definition) is 7. The summed E-state index contributed by atoms with van der Waals surface area (Å²) < 4.78 is 24.9. The molecular weight excluding hydrogens is 583 g/mol. The van der Waals surface area contributed by atoms with Crippen molar-refractivity contribution >= 4 is 35.6 Å². The molecule has 1 saturated heterocycles. The minimum Gasteiger partial charge on any atom is -0.460 e. The summed E-state index contributed by atoms with van der Waals surface area (Å²) in [6, 6.07) is 10.2. The number of anilines is 1. The van der Waals surface area contributed by atoms with Crippen molar-refractivity contribution < 1.29 is 37.8 Å². The van der Waals surface area contributed by atoms with Crippen molar-refractivity contribution in [3.8, 4) is 0 Å². The molecule has 2 fully saturated rings. The average Bonchev–Trinajstić information content (AvgIpc) is 3.47. The van der Waals surface area contributed by atoms with Crippen molar-refractivity contribution in [2.45, 2.75) is 83.1 Å². The lowest BCUT2D eigenvalue weighted by molar-refractivity contribution is -0.161. The van der Waals surface area contributed by atoms with Gasteiger partial charge in [-0.25, -0.2) is 18.9 Å². The summed E-state index contributed by atoms with van der Waals surface area (Å²) in [6.07, 6.45) is 1.86. The van der Waals surface area contributed by atoms with Gasteiger partial charge in [0.25, 0.3) is 5.91 Å². The van der Waals surface area contributed by atoms with E-state index in [1.54, 1.807) is 35.2 Å². The summed E-state index contributed by atoms with van der Waals surface area (Å²) >= 11 is 0. The molecule has 0 unspecified atom stereocenters. The normalized spacial score (nSPS) is 22.6. The van der Waals surface area contributed by atoms with Gasteiger partial charge in [-0.1, -0.05) is 18.2 Å². The van der Waals surface area contributed by atoms with Gasteiger partial charge in [0.15, 0.2) is 0 Å². The molecular formula is C33H39FN4O7. The van der Waals surface area contributed by atoms with Gasteiger partial charge in [-0.3, -0.25) is 14.4 Å². The fourth-order valence-corrected chi connectivity index (χ4v) is 6.37. The van der Waals surface area contributed by atoms with Crippen molar-refractivity contribution in [2.75, 3.05) is 18.9 Å². The van der Waals surface area contributed by atoms with Gasteiger partial charge < -0.3 is 25.0 Å². The molecule has 1 atom stereocenters. The van der Waals surface area contributed by atoms with Gasteiger partial charge >= 0.3 is 18.1 Å². The number of rotatable bonds is 7. The van der Waals surface area contributed by atoms with E-state index in [1.807, 2.05) is 20.8 Å². The molecule has 0 bridgehead atoms. The Morgan fingerprint density at radius 2 is 1.76 bits per heavy atom. The maximum absolute atomic E-state index is 13.9. The van der Waals surface area contributed by atoms with Crippen LogP contribution >= 0.6 is 0 Å². The van der Waals surface area contributed by atoms with E-state index in [4.69, 9.17) is 9.47 Å². The number of halogens is 1. The van der Waals surface area contributed by atoms with Gasteiger partial charge in [0.1, 0.15) is 18.0 Å². The number of amides is 5. The summed E-state index contributed by atoms with van der Waals surface area (Å²) in [7, 11) is 1.50. The number of aryl methyl sites for hydroxylation is 1. The van der Waals surface area contributed by atoms with E-state index < -0.39 is 41.5 Å². The zero-order valence-electron chi connectivity index (χ0n) is 26.0. The van der Waals surface area contributed by atoms with Gasteiger partial charge in [0.05, 0.1) is 5.92 Å². The minimum absolute atomic E-state index is 0.146. The smallest absolute Gasteiger partial charge is 0.418 e. The van der Waals surface area contributed by atoms with Crippen molar-refractivity contribution in [1.29, 1.82) is 0 Å². The summed E-state index contributed by atoms with van der Waals surface area (Å²) in [4.78, 5) is 67.7. The highest BCUT2D eigenvalue weighted by atomic mass is 19.1. The highest BCUT2D eigenvalue weighted by molar-refractivity contribution is 6.06. The van der Waals surface area contributed by atoms with E-state index in [9.17, 15) is 28.4 Å². The molecule has 0 aromatic heterocycles. The highest BCUT2D eigenvalue weighted by Crippen LogP contribution is 2.46. The Labute approximate surface area is 261 Å². The predicted octanol–water partition coefficient (Wildman–Crippen LogP) is 4.63. The number of urea groups is 1. The quantitative estimate of drug-likeness (QED) is 0.430. The molecule has 1 spiro atoms. The Morgan fingerprint density at radius 3 is 2.40 bits per heavy atom. The zero-order valence-corrected chi connectivity index (χ0v) is 26.0. The molecule has 2 N–H and O–H groups in total. The Bertz CT molecular complexity index is 1500. The first-order valence-corrected chi connectivity index (χ1v) is 15.2. The number of nitrogens with one attached hydrogen (secondary N) is 2. The largest absolute Gasteiger partial charge is 0.460 e. The van der Waals surface area contributed by atoms with Gasteiger partial charge in [0, 0.05) is 37.3 Å². The summed E-state index contributed by atoms with van der Waals surface area (Å²) in [5, 5.41) is 5.17. The van der Waals surface area contributed by atoms with Crippen LogP contribution < -0.4 is 10.6 Å². The van der Waals surface area contributed by atoms with Crippen LogP contribution in [0.2, 0.25) is 0 Å². The minimum atomic E-state index is -1.54. The van der Waals surface area contributed by atoms with Crippen LogP contribution in [0.15, 0.2) is 42.5 Å². The first-order chi connectivity index (χ1) is 21.3. The second-order valence-electron chi connectivity index (χ2n) is 12.8. The molecule has 240 valence electrons. The number of fused-ring (bicyclic) bond motifs is 2. The third-order valence-corrected chi connectivity index (χ3v) is 8.60. The van der Waals surface area contributed by atoms with E-state index in [0.29, 0.717) is 48.9 Å². The average molecular weight is 623 g/mol. The van der Waals surface area contributed by atoms with Crippen molar-refractivity contribution in [2.24, 2.45) is 5.92 Å².